The van der Waals surface area contributed by atoms with Gasteiger partial charge in [-0.2, -0.15) is 0 Å². The molecule has 0 saturated carbocycles. The lowest BCUT2D eigenvalue weighted by molar-refractivity contribution is -0.144. The molecule has 17 heteroatoms. The molecule has 0 aliphatic rings. The van der Waals surface area contributed by atoms with E-state index in [0.29, 0.717) is 6.42 Å². The molecule has 0 rings (SSSR count). The van der Waals surface area contributed by atoms with Crippen molar-refractivity contribution < 1.29 is 39.0 Å². The molecule has 0 heterocycles. The molecule has 0 saturated heterocycles. The molecule has 204 valence electrons. The van der Waals surface area contributed by atoms with Crippen molar-refractivity contribution in [3.63, 3.8) is 0 Å². The quantitative estimate of drug-likeness (QED) is 0.0492. The number of hydrogen-bond acceptors (Lipinski definition) is 9. The minimum atomic E-state index is -1.71. The van der Waals surface area contributed by atoms with Crippen LogP contribution in [0.15, 0.2) is 4.99 Å². The van der Waals surface area contributed by atoms with Crippen LogP contribution in [0.1, 0.15) is 39.0 Å². The summed E-state index contributed by atoms with van der Waals surface area (Å²) >= 11 is 0. The van der Waals surface area contributed by atoms with E-state index >= 15 is 0 Å². The summed E-state index contributed by atoms with van der Waals surface area (Å²) in [6, 6.07) is -5.85. The number of carbonyl (C=O) groups excluding carboxylic acids is 5. The molecule has 0 radical (unpaired) electrons. The Morgan fingerprint density at radius 1 is 0.833 bits per heavy atom. The number of nitrogens with two attached hydrogens (primary N) is 5. The first kappa shape index (κ1) is 32.0. The van der Waals surface area contributed by atoms with Crippen molar-refractivity contribution in [2.75, 3.05) is 6.54 Å². The van der Waals surface area contributed by atoms with Crippen LogP contribution in [0.2, 0.25) is 0 Å². The van der Waals surface area contributed by atoms with Gasteiger partial charge >= 0.3 is 5.97 Å². The first-order valence-corrected chi connectivity index (χ1v) is 10.8. The van der Waals surface area contributed by atoms with Gasteiger partial charge < -0.3 is 54.8 Å². The number of carbonyl (C=O) groups is 6. The molecule has 5 atom stereocenters. The summed E-state index contributed by atoms with van der Waals surface area (Å²) in [5.74, 6) is -6.36. The summed E-state index contributed by atoms with van der Waals surface area (Å²) in [5, 5.41) is 25.6. The zero-order valence-electron chi connectivity index (χ0n) is 19.8. The zero-order valence-corrected chi connectivity index (χ0v) is 19.8. The van der Waals surface area contributed by atoms with Gasteiger partial charge in [-0.3, -0.25) is 29.0 Å². The molecule has 0 aromatic heterocycles. The number of amides is 5. The molecule has 0 bridgehead atoms. The normalized spacial score (nSPS) is 14.8. The average Bonchev–Trinajstić information content (AvgIpc) is 2.75. The maximum absolute atomic E-state index is 12.8. The summed E-state index contributed by atoms with van der Waals surface area (Å²) in [6.07, 6.45) is -2.33. The Balaban J connectivity index is 5.42. The first-order chi connectivity index (χ1) is 16.6. The maximum Gasteiger partial charge on any atom is 0.326 e. The number of nitrogens with one attached hydrogen (secondary N) is 3. The molecule has 0 aromatic carbocycles. The molecule has 0 aromatic rings. The number of aliphatic hydroxyl groups excluding tert-OH is 1. The van der Waals surface area contributed by atoms with Gasteiger partial charge in [0, 0.05) is 13.0 Å². The highest BCUT2D eigenvalue weighted by molar-refractivity contribution is 5.95. The van der Waals surface area contributed by atoms with E-state index in [1.165, 1.54) is 0 Å². The van der Waals surface area contributed by atoms with Gasteiger partial charge in [0.25, 0.3) is 0 Å². The third kappa shape index (κ3) is 13.0. The molecule has 0 aliphatic heterocycles. The summed E-state index contributed by atoms with van der Waals surface area (Å²) < 4.78 is 0. The standard InChI is InChI=1S/C19H35N9O8/c1-8(29)14(17(34)27-11(18(35)36)7-13(22)31)28-16(33)10(4-5-12(21)30)26-15(32)9(20)3-2-6-25-19(23)24/h8-11,14,29H,2-7,20H2,1H3,(H2,21,30)(H2,22,31)(H,26,32)(H,27,34)(H,28,33)(H,35,36)(H4,23,24,25). The first-order valence-electron chi connectivity index (χ1n) is 10.8. The highest BCUT2D eigenvalue weighted by Crippen LogP contribution is 2.04. The zero-order chi connectivity index (χ0) is 28.0. The predicted molar refractivity (Wildman–Crippen MR) is 125 cm³/mol. The maximum atomic E-state index is 12.8. The number of primary amides is 2. The van der Waals surface area contributed by atoms with E-state index in [1.54, 1.807) is 0 Å². The summed E-state index contributed by atoms with van der Waals surface area (Å²) in [6.45, 7) is 1.35. The van der Waals surface area contributed by atoms with Crippen LogP contribution in [0.3, 0.4) is 0 Å². The van der Waals surface area contributed by atoms with E-state index in [1.807, 2.05) is 5.32 Å². The lowest BCUT2D eigenvalue weighted by atomic mass is 10.1. The third-order valence-corrected chi connectivity index (χ3v) is 4.70. The SMILES string of the molecule is CC(O)C(NC(=O)C(CCC(N)=O)NC(=O)C(N)CCCN=C(N)N)C(=O)NC(CC(N)=O)C(=O)O. The Hall–Kier alpha value is -3.99. The van der Waals surface area contributed by atoms with Gasteiger partial charge in [-0.1, -0.05) is 0 Å². The second-order valence-electron chi connectivity index (χ2n) is 7.92. The number of carboxylic acids is 1. The molecule has 5 unspecified atom stereocenters. The largest absolute Gasteiger partial charge is 0.480 e. The van der Waals surface area contributed by atoms with Crippen molar-refractivity contribution in [2.45, 2.75) is 69.3 Å². The van der Waals surface area contributed by atoms with Crippen LogP contribution >= 0.6 is 0 Å². The number of aliphatic hydroxyl groups is 1. The van der Waals surface area contributed by atoms with Crippen molar-refractivity contribution in [1.82, 2.24) is 16.0 Å². The Labute approximate surface area is 206 Å². The summed E-state index contributed by atoms with van der Waals surface area (Å²) in [7, 11) is 0. The number of hydrogen-bond donors (Lipinski definition) is 10. The smallest absolute Gasteiger partial charge is 0.326 e. The lowest BCUT2D eigenvalue weighted by Crippen LogP contribution is -2.60. The average molecular weight is 518 g/mol. The van der Waals surface area contributed by atoms with Gasteiger partial charge in [0.15, 0.2) is 5.96 Å². The molecule has 0 spiro atoms. The third-order valence-electron chi connectivity index (χ3n) is 4.70. The van der Waals surface area contributed by atoms with E-state index in [4.69, 9.17) is 33.8 Å². The second kappa shape index (κ2) is 15.8. The number of guanidine groups is 1. The van der Waals surface area contributed by atoms with Crippen LogP contribution in [0.4, 0.5) is 0 Å². The van der Waals surface area contributed by atoms with Gasteiger partial charge in [-0.15, -0.1) is 0 Å². The topological polar surface area (TPSA) is 321 Å². The molecule has 36 heavy (non-hydrogen) atoms. The number of aliphatic imine (C=N–C) groups is 1. The van der Waals surface area contributed by atoms with Gasteiger partial charge in [-0.05, 0) is 26.2 Å². The van der Waals surface area contributed by atoms with E-state index in [-0.39, 0.29) is 31.8 Å². The second-order valence-corrected chi connectivity index (χ2v) is 7.92. The van der Waals surface area contributed by atoms with Crippen molar-refractivity contribution in [1.29, 1.82) is 0 Å². The van der Waals surface area contributed by atoms with Gasteiger partial charge in [0.05, 0.1) is 18.6 Å². The minimum Gasteiger partial charge on any atom is -0.480 e. The summed E-state index contributed by atoms with van der Waals surface area (Å²) in [5.41, 5.74) is 26.3. The van der Waals surface area contributed by atoms with Crippen LogP contribution < -0.4 is 44.6 Å². The monoisotopic (exact) mass is 517 g/mol. The van der Waals surface area contributed by atoms with E-state index in [2.05, 4.69) is 15.6 Å². The molecule has 0 aliphatic carbocycles. The van der Waals surface area contributed by atoms with Crippen LogP contribution in [-0.4, -0.2) is 88.5 Å². The highest BCUT2D eigenvalue weighted by Gasteiger charge is 2.33. The molecule has 0 fully saturated rings. The van der Waals surface area contributed by atoms with Crippen molar-refractivity contribution >= 4 is 41.5 Å². The number of carboxylic acid groups (broad SMARTS) is 1. The molecule has 15 N–H and O–H groups in total. The van der Waals surface area contributed by atoms with Crippen molar-refractivity contribution in [3.8, 4) is 0 Å². The fourth-order valence-corrected chi connectivity index (χ4v) is 2.81. The van der Waals surface area contributed by atoms with E-state index in [0.717, 1.165) is 6.92 Å². The predicted octanol–water partition coefficient (Wildman–Crippen LogP) is -5.57. The highest BCUT2D eigenvalue weighted by atomic mass is 16.4. The van der Waals surface area contributed by atoms with Crippen LogP contribution in [0, 0.1) is 0 Å². The van der Waals surface area contributed by atoms with Crippen molar-refractivity contribution in [3.05, 3.63) is 0 Å². The summed E-state index contributed by atoms with van der Waals surface area (Å²) in [4.78, 5) is 75.1. The van der Waals surface area contributed by atoms with E-state index < -0.39 is 72.2 Å². The number of aliphatic carboxylic acids is 1. The van der Waals surface area contributed by atoms with Gasteiger partial charge in [0.2, 0.25) is 29.5 Å². The number of rotatable bonds is 17. The molecule has 5 amide bonds. The van der Waals surface area contributed by atoms with Crippen molar-refractivity contribution in [2.24, 2.45) is 33.7 Å². The van der Waals surface area contributed by atoms with Gasteiger partial charge in [-0.25, -0.2) is 4.79 Å². The fourth-order valence-electron chi connectivity index (χ4n) is 2.81. The fraction of sp³-hybridized carbons (Fsp3) is 0.632. The lowest BCUT2D eigenvalue weighted by Gasteiger charge is -2.26. The van der Waals surface area contributed by atoms with Crippen LogP contribution in [0.5, 0.6) is 0 Å². The number of nitrogens with zero attached hydrogens (tertiary/aromatic N) is 1. The van der Waals surface area contributed by atoms with Gasteiger partial charge in [0.1, 0.15) is 18.1 Å². The molecular formula is C19H35N9O8. The van der Waals surface area contributed by atoms with Crippen LogP contribution in [0.25, 0.3) is 0 Å². The Bertz CT molecular complexity index is 845. The van der Waals surface area contributed by atoms with E-state index in [9.17, 15) is 33.9 Å². The Kier molecular flexibility index (Phi) is 14.1. The van der Waals surface area contributed by atoms with Crippen LogP contribution in [-0.2, 0) is 28.8 Å². The molecular weight excluding hydrogens is 482 g/mol. The molecule has 17 nitrogen and oxygen atoms in total. The Morgan fingerprint density at radius 2 is 1.42 bits per heavy atom. The Morgan fingerprint density at radius 3 is 1.89 bits per heavy atom. The minimum absolute atomic E-state index is 0.128.